The molecule has 1 atom stereocenters. The number of benzene rings is 2. The summed E-state index contributed by atoms with van der Waals surface area (Å²) in [4.78, 5) is 32.8. The Morgan fingerprint density at radius 3 is 2.55 bits per heavy atom. The summed E-state index contributed by atoms with van der Waals surface area (Å²) in [5.74, 6) is -1.61. The number of aldehydes is 1. The Hall–Kier alpha value is -3.94. The maximum absolute atomic E-state index is 15.1. The molecule has 210 valence electrons. The van der Waals surface area contributed by atoms with Gasteiger partial charge in [-0.15, -0.1) is 0 Å². The van der Waals surface area contributed by atoms with Crippen molar-refractivity contribution >= 4 is 44.5 Å². The molecular weight excluding hydrogens is 568 g/mol. The summed E-state index contributed by atoms with van der Waals surface area (Å²) in [6.45, 7) is 1.98. The van der Waals surface area contributed by atoms with Gasteiger partial charge in [-0.25, -0.2) is 27.2 Å². The summed E-state index contributed by atoms with van der Waals surface area (Å²) in [5, 5.41) is 2.52. The Labute approximate surface area is 233 Å². The monoisotopic (exact) mass is 591 g/mol. The van der Waals surface area contributed by atoms with Gasteiger partial charge in [0.25, 0.3) is 15.6 Å². The number of hydrogen-bond donors (Lipinski definition) is 2. The molecule has 0 spiro atoms. The van der Waals surface area contributed by atoms with Gasteiger partial charge in [0.05, 0.1) is 29.3 Å². The second-order valence-corrected chi connectivity index (χ2v) is 11.4. The third-order valence-electron chi connectivity index (χ3n) is 6.08. The topological polar surface area (TPSA) is 132 Å². The number of carbonyl (C=O) groups is 1. The molecular formula is C26H24ClF2N5O5S. The lowest BCUT2D eigenvalue weighted by Gasteiger charge is -2.23. The molecule has 0 saturated carbocycles. The van der Waals surface area contributed by atoms with E-state index in [2.05, 4.69) is 20.0 Å². The van der Waals surface area contributed by atoms with Crippen molar-refractivity contribution in [2.45, 2.75) is 18.4 Å². The van der Waals surface area contributed by atoms with Crippen LogP contribution in [-0.4, -0.2) is 49.9 Å². The molecule has 2 aromatic carbocycles. The first-order valence-corrected chi connectivity index (χ1v) is 13.6. The van der Waals surface area contributed by atoms with Gasteiger partial charge in [-0.3, -0.25) is 14.1 Å². The molecule has 4 aromatic rings. The van der Waals surface area contributed by atoms with E-state index in [0.29, 0.717) is 6.54 Å². The van der Waals surface area contributed by atoms with E-state index in [1.54, 1.807) is 14.0 Å². The number of carbonyl (C=O) groups excluding carboxylic acids is 1. The van der Waals surface area contributed by atoms with Crippen molar-refractivity contribution in [3.63, 3.8) is 0 Å². The maximum atomic E-state index is 15.1. The highest BCUT2D eigenvalue weighted by Crippen LogP contribution is 2.33. The first kappa shape index (κ1) is 29.1. The molecule has 10 nitrogen and oxygen atoms in total. The lowest BCUT2D eigenvalue weighted by Crippen LogP contribution is -2.38. The smallest absolute Gasteiger partial charge is 0.263 e. The Balaban J connectivity index is 1.79. The molecule has 40 heavy (non-hydrogen) atoms. The number of ether oxygens (including phenoxy) is 1. The zero-order chi connectivity index (χ0) is 29.2. The van der Waals surface area contributed by atoms with Gasteiger partial charge in [0.1, 0.15) is 34.0 Å². The molecule has 2 aromatic heterocycles. The van der Waals surface area contributed by atoms with Crippen molar-refractivity contribution in [3.8, 4) is 17.0 Å². The number of aromatic nitrogens is 3. The summed E-state index contributed by atoms with van der Waals surface area (Å²) in [6.07, 6.45) is 3.24. The lowest BCUT2D eigenvalue weighted by molar-refractivity contribution is -0.115. The van der Waals surface area contributed by atoms with Gasteiger partial charge in [0, 0.05) is 24.8 Å². The van der Waals surface area contributed by atoms with Crippen LogP contribution in [0.5, 0.6) is 5.88 Å². The van der Waals surface area contributed by atoms with E-state index in [4.69, 9.17) is 16.3 Å². The van der Waals surface area contributed by atoms with Crippen molar-refractivity contribution < 1.29 is 26.7 Å². The highest BCUT2D eigenvalue weighted by atomic mass is 35.5. The van der Waals surface area contributed by atoms with E-state index in [9.17, 15) is 22.4 Å². The molecule has 0 bridgehead atoms. The van der Waals surface area contributed by atoms with Gasteiger partial charge in [0.2, 0.25) is 5.88 Å². The average Bonchev–Trinajstić information content (AvgIpc) is 2.90. The average molecular weight is 592 g/mol. The third-order valence-corrected chi connectivity index (χ3v) is 7.93. The highest BCUT2D eigenvalue weighted by molar-refractivity contribution is 7.92. The summed E-state index contributed by atoms with van der Waals surface area (Å²) in [6, 6.07) is 6.69. The second kappa shape index (κ2) is 11.3. The molecule has 0 radical (unpaired) electrons. The molecule has 14 heteroatoms. The molecule has 0 unspecified atom stereocenters. The van der Waals surface area contributed by atoms with Crippen molar-refractivity contribution in [3.05, 3.63) is 75.9 Å². The standard InChI is InChI=1S/C26H24ClF2N5O5S/c1-26(13-35,11-30-2)12-34-14-32-23-18(25(34)36)6-15(7-20(23)29)16-8-21(24(39-3)31-10-16)33-40(37,38)22-5-4-17(28)9-19(22)27/h4-10,13-14,30,33H,11-12H2,1-3H3/t26-/m0/s1. The minimum Gasteiger partial charge on any atom is -0.480 e. The van der Waals surface area contributed by atoms with Crippen LogP contribution in [0.15, 0.2) is 58.6 Å². The maximum Gasteiger partial charge on any atom is 0.263 e. The number of pyridine rings is 1. The van der Waals surface area contributed by atoms with Crippen molar-refractivity contribution in [2.24, 2.45) is 5.41 Å². The summed E-state index contributed by atoms with van der Waals surface area (Å²) >= 11 is 5.94. The van der Waals surface area contributed by atoms with E-state index in [1.165, 1.54) is 36.3 Å². The second-order valence-electron chi connectivity index (χ2n) is 9.30. The van der Waals surface area contributed by atoms with Crippen LogP contribution in [0.3, 0.4) is 0 Å². The first-order chi connectivity index (χ1) is 18.9. The van der Waals surface area contributed by atoms with Crippen LogP contribution < -0.4 is 20.3 Å². The van der Waals surface area contributed by atoms with Crippen LogP contribution in [0.1, 0.15) is 6.92 Å². The fourth-order valence-corrected chi connectivity index (χ4v) is 5.75. The molecule has 0 aliphatic heterocycles. The van der Waals surface area contributed by atoms with Crippen LogP contribution in [0, 0.1) is 17.0 Å². The molecule has 0 aliphatic carbocycles. The van der Waals surface area contributed by atoms with Crippen LogP contribution in [0.4, 0.5) is 14.5 Å². The predicted octanol–water partition coefficient (Wildman–Crippen LogP) is 3.62. The molecule has 2 N–H and O–H groups in total. The number of fused-ring (bicyclic) bond motifs is 1. The fourth-order valence-electron chi connectivity index (χ4n) is 4.17. The number of nitrogens with zero attached hydrogens (tertiary/aromatic N) is 3. The minimum absolute atomic E-state index is 0.00687. The molecule has 4 rings (SSSR count). The Morgan fingerprint density at radius 1 is 1.15 bits per heavy atom. The number of anilines is 1. The van der Waals surface area contributed by atoms with Crippen molar-refractivity contribution in [1.29, 1.82) is 0 Å². The molecule has 0 amide bonds. The van der Waals surface area contributed by atoms with Gasteiger partial charge in [-0.1, -0.05) is 11.6 Å². The first-order valence-electron chi connectivity index (χ1n) is 11.7. The summed E-state index contributed by atoms with van der Waals surface area (Å²) < 4.78 is 63.3. The van der Waals surface area contributed by atoms with Crippen molar-refractivity contribution in [1.82, 2.24) is 19.9 Å². The number of halogens is 3. The van der Waals surface area contributed by atoms with E-state index < -0.39 is 32.6 Å². The minimum atomic E-state index is -4.31. The van der Waals surface area contributed by atoms with Gasteiger partial charge in [-0.2, -0.15) is 0 Å². The van der Waals surface area contributed by atoms with Crippen LogP contribution in [-0.2, 0) is 21.4 Å². The fraction of sp³-hybridized carbons (Fsp3) is 0.231. The lowest BCUT2D eigenvalue weighted by atomic mass is 9.92. The number of nitrogens with one attached hydrogen (secondary N) is 2. The predicted molar refractivity (Wildman–Crippen MR) is 146 cm³/mol. The van der Waals surface area contributed by atoms with E-state index in [0.717, 1.165) is 30.6 Å². The highest BCUT2D eigenvalue weighted by Gasteiger charge is 2.25. The third kappa shape index (κ3) is 5.81. The van der Waals surface area contributed by atoms with E-state index in [1.807, 2.05) is 0 Å². The zero-order valence-corrected chi connectivity index (χ0v) is 23.1. The molecule has 0 aliphatic rings. The van der Waals surface area contributed by atoms with Gasteiger partial charge >= 0.3 is 0 Å². The van der Waals surface area contributed by atoms with E-state index >= 15 is 4.39 Å². The Kier molecular flexibility index (Phi) is 8.19. The van der Waals surface area contributed by atoms with Crippen LogP contribution in [0.25, 0.3) is 22.0 Å². The van der Waals surface area contributed by atoms with Gasteiger partial charge in [-0.05, 0) is 55.9 Å². The molecule has 0 saturated heterocycles. The number of rotatable bonds is 10. The van der Waals surface area contributed by atoms with Crippen LogP contribution >= 0.6 is 11.6 Å². The Bertz CT molecular complexity index is 1780. The normalized spacial score (nSPS) is 13.2. The Morgan fingerprint density at radius 2 is 1.90 bits per heavy atom. The largest absolute Gasteiger partial charge is 0.480 e. The number of sulfonamides is 1. The van der Waals surface area contributed by atoms with Crippen LogP contribution in [0.2, 0.25) is 5.02 Å². The van der Waals surface area contributed by atoms with Gasteiger partial charge in [0.15, 0.2) is 0 Å². The molecule has 2 heterocycles. The molecule has 0 fully saturated rings. The van der Waals surface area contributed by atoms with E-state index in [-0.39, 0.29) is 50.1 Å². The number of methoxy groups -OCH3 is 1. The summed E-state index contributed by atoms with van der Waals surface area (Å²) in [7, 11) is -1.36. The van der Waals surface area contributed by atoms with Gasteiger partial charge < -0.3 is 14.8 Å². The quantitative estimate of drug-likeness (QED) is 0.267. The zero-order valence-electron chi connectivity index (χ0n) is 21.5. The SMILES string of the molecule is CNC[C@](C)(C=O)Cn1cnc2c(F)cc(-c3cnc(OC)c(NS(=O)(=O)c4ccc(F)cc4Cl)c3)cc2c1=O. The summed E-state index contributed by atoms with van der Waals surface area (Å²) in [5.41, 5.74) is -1.32. The number of hydrogen-bond acceptors (Lipinski definition) is 8. The van der Waals surface area contributed by atoms with Crippen molar-refractivity contribution in [2.75, 3.05) is 25.4 Å².